The number of unbranched alkanes of at least 4 members (excludes halogenated alkanes) is 18. The Morgan fingerprint density at radius 3 is 1.18 bits per heavy atom. The van der Waals surface area contributed by atoms with E-state index in [2.05, 4.69) is 23.8 Å². The molecular weight excluding hydrogens is 400 g/mol. The van der Waals surface area contributed by atoms with Crippen LogP contribution in [0.15, 0.2) is 9.98 Å². The monoisotopic (exact) mass is 459 g/mol. The van der Waals surface area contributed by atoms with Gasteiger partial charge < -0.3 is 0 Å². The summed E-state index contributed by atoms with van der Waals surface area (Å²) in [7, 11) is 0. The lowest BCUT2D eigenvalue weighted by Gasteiger charge is -2.17. The molecule has 192 valence electrons. The summed E-state index contributed by atoms with van der Waals surface area (Å²) in [5, 5.41) is 0. The fourth-order valence-corrected chi connectivity index (χ4v) is 5.21. The summed E-state index contributed by atoms with van der Waals surface area (Å²) in [5.41, 5.74) is 0. The predicted octanol–water partition coefficient (Wildman–Crippen LogP) is 11.0. The average Bonchev–Trinajstić information content (AvgIpc) is 3.35. The van der Waals surface area contributed by atoms with E-state index >= 15 is 0 Å². The molecule has 0 aliphatic carbocycles. The van der Waals surface area contributed by atoms with Crippen molar-refractivity contribution < 1.29 is 0 Å². The van der Waals surface area contributed by atoms with Crippen molar-refractivity contribution in [2.75, 3.05) is 0 Å². The molecule has 2 heteroatoms. The molecule has 0 fully saturated rings. The van der Waals surface area contributed by atoms with Crippen molar-refractivity contribution in [2.45, 2.75) is 174 Å². The van der Waals surface area contributed by atoms with Crippen LogP contribution in [0, 0.1) is 12.1 Å². The van der Waals surface area contributed by atoms with E-state index in [1.807, 2.05) is 12.4 Å². The topological polar surface area (TPSA) is 24.7 Å². The molecule has 2 nitrogen and oxygen atoms in total. The second-order valence-electron chi connectivity index (χ2n) is 10.7. The fraction of sp³-hybridized carbons (Fsp3) is 0.903. The third-order valence-corrected chi connectivity index (χ3v) is 7.46. The van der Waals surface area contributed by atoms with Gasteiger partial charge in [-0.15, -0.1) is 0 Å². The Labute approximate surface area is 208 Å². The largest absolute Gasteiger partial charge is 0.240 e. The first-order chi connectivity index (χ1) is 16.4. The summed E-state index contributed by atoms with van der Waals surface area (Å²) < 4.78 is 0. The van der Waals surface area contributed by atoms with Gasteiger partial charge in [0, 0.05) is 0 Å². The highest BCUT2D eigenvalue weighted by molar-refractivity contribution is 6.18. The molecule has 1 aliphatic heterocycles. The van der Waals surface area contributed by atoms with Crippen molar-refractivity contribution in [2.24, 2.45) is 15.9 Å². The van der Waals surface area contributed by atoms with Crippen LogP contribution in [0.2, 0.25) is 0 Å². The molecule has 0 aromatic rings. The number of aliphatic imine (C=N–C) groups is 2. The van der Waals surface area contributed by atoms with Crippen LogP contribution in [0.25, 0.3) is 0 Å². The molecule has 1 unspecified atom stereocenters. The SMILES string of the molecule is CCCCCCCCCCCCCCCCC(CCCCCCC)CCCC[C+]1N=CC=N1. The summed E-state index contributed by atoms with van der Waals surface area (Å²) in [6.07, 6.45) is 40.3. The van der Waals surface area contributed by atoms with Gasteiger partial charge in [-0.05, 0) is 12.3 Å². The molecule has 0 spiro atoms. The van der Waals surface area contributed by atoms with E-state index in [-0.39, 0.29) is 0 Å². The van der Waals surface area contributed by atoms with Gasteiger partial charge in [0.2, 0.25) is 6.17 Å². The Bertz CT molecular complexity index is 430. The van der Waals surface area contributed by atoms with Crippen molar-refractivity contribution in [3.63, 3.8) is 0 Å². The van der Waals surface area contributed by atoms with Gasteiger partial charge >= 0.3 is 0 Å². The van der Waals surface area contributed by atoms with Crippen LogP contribution < -0.4 is 0 Å². The van der Waals surface area contributed by atoms with E-state index in [4.69, 9.17) is 0 Å². The van der Waals surface area contributed by atoms with Crippen LogP contribution in [0.5, 0.6) is 0 Å². The molecule has 0 bridgehead atoms. The highest BCUT2D eigenvalue weighted by Crippen LogP contribution is 2.26. The van der Waals surface area contributed by atoms with Gasteiger partial charge in [-0.25, -0.2) is 0 Å². The maximum Gasteiger partial charge on any atom is 0.240 e. The number of hydrogen-bond donors (Lipinski definition) is 0. The second kappa shape index (κ2) is 24.3. The lowest BCUT2D eigenvalue weighted by atomic mass is 9.89. The molecule has 0 N–H and O–H groups in total. The van der Waals surface area contributed by atoms with Gasteiger partial charge in [0.1, 0.15) is 0 Å². The Kier molecular flexibility index (Phi) is 22.3. The number of nitrogens with zero attached hydrogens (tertiary/aromatic N) is 2. The van der Waals surface area contributed by atoms with Gasteiger partial charge in [-0.2, -0.15) is 0 Å². The minimum absolute atomic E-state index is 0.963. The lowest BCUT2D eigenvalue weighted by Crippen LogP contribution is -2.02. The maximum absolute atomic E-state index is 4.32. The zero-order chi connectivity index (χ0) is 23.7. The Hall–Kier alpha value is -0.790. The van der Waals surface area contributed by atoms with E-state index < -0.39 is 0 Å². The molecule has 0 amide bonds. The Balaban J connectivity index is 1.98. The van der Waals surface area contributed by atoms with Crippen LogP contribution in [0.4, 0.5) is 0 Å². The van der Waals surface area contributed by atoms with Crippen LogP contribution in [-0.4, -0.2) is 12.4 Å². The van der Waals surface area contributed by atoms with Gasteiger partial charge in [0.15, 0.2) is 12.4 Å². The van der Waals surface area contributed by atoms with Crippen molar-refractivity contribution in [3.8, 4) is 0 Å². The Morgan fingerprint density at radius 2 is 0.788 bits per heavy atom. The maximum atomic E-state index is 4.32. The van der Waals surface area contributed by atoms with Crippen molar-refractivity contribution >= 4 is 12.4 Å². The lowest BCUT2D eigenvalue weighted by molar-refractivity contribution is 0.367. The van der Waals surface area contributed by atoms with Gasteiger partial charge in [-0.1, -0.05) is 172 Å². The molecule has 0 saturated carbocycles. The van der Waals surface area contributed by atoms with Gasteiger partial charge in [0.05, 0.1) is 6.42 Å². The quantitative estimate of drug-likeness (QED) is 0.0907. The summed E-state index contributed by atoms with van der Waals surface area (Å²) in [4.78, 5) is 8.64. The molecule has 1 aliphatic rings. The first-order valence-electron chi connectivity index (χ1n) is 15.3. The van der Waals surface area contributed by atoms with E-state index in [1.54, 1.807) is 0 Å². The highest BCUT2D eigenvalue weighted by Gasteiger charge is 2.15. The van der Waals surface area contributed by atoms with Crippen molar-refractivity contribution in [1.29, 1.82) is 0 Å². The molecule has 0 aromatic carbocycles. The molecule has 33 heavy (non-hydrogen) atoms. The van der Waals surface area contributed by atoms with Gasteiger partial charge in [-0.3, -0.25) is 0 Å². The zero-order valence-corrected chi connectivity index (χ0v) is 22.8. The first-order valence-corrected chi connectivity index (χ1v) is 15.3. The van der Waals surface area contributed by atoms with E-state index in [0.29, 0.717) is 0 Å². The number of rotatable bonds is 26. The fourth-order valence-electron chi connectivity index (χ4n) is 5.21. The zero-order valence-electron chi connectivity index (χ0n) is 22.8. The van der Waals surface area contributed by atoms with Crippen LogP contribution in [0.3, 0.4) is 0 Å². The predicted molar refractivity (Wildman–Crippen MR) is 150 cm³/mol. The molecule has 1 rings (SSSR count). The van der Waals surface area contributed by atoms with E-state index in [1.165, 1.54) is 154 Å². The summed E-state index contributed by atoms with van der Waals surface area (Å²) in [6.45, 7) is 4.62. The minimum atomic E-state index is 0.963. The molecule has 0 radical (unpaired) electrons. The van der Waals surface area contributed by atoms with Crippen LogP contribution in [-0.2, 0) is 0 Å². The molecule has 0 saturated heterocycles. The highest BCUT2D eigenvalue weighted by atomic mass is 15.0. The standard InChI is InChI=1S/C31H59N2/c1-3-5-7-9-10-11-12-13-14-15-16-17-19-21-25-30(24-20-18-8-6-4-2)26-22-23-27-31-32-28-29-33-31/h28-30H,3-27H2,1-2H3/q+1. The average molecular weight is 460 g/mol. The number of hydrogen-bond acceptors (Lipinski definition) is 2. The summed E-state index contributed by atoms with van der Waals surface area (Å²) in [6, 6.07) is 0. The first kappa shape index (κ1) is 30.2. The molecular formula is C31H59N2+. The van der Waals surface area contributed by atoms with E-state index in [0.717, 1.165) is 18.5 Å². The molecule has 1 atom stereocenters. The van der Waals surface area contributed by atoms with Crippen molar-refractivity contribution in [1.82, 2.24) is 0 Å². The minimum Gasteiger partial charge on any atom is -0.0968 e. The Morgan fingerprint density at radius 1 is 0.455 bits per heavy atom. The van der Waals surface area contributed by atoms with Crippen LogP contribution >= 0.6 is 0 Å². The normalized spacial score (nSPS) is 13.9. The van der Waals surface area contributed by atoms with Gasteiger partial charge in [0.25, 0.3) is 0 Å². The molecule has 0 aromatic heterocycles. The summed E-state index contributed by atoms with van der Waals surface area (Å²) in [5.74, 6) is 0.963. The smallest absolute Gasteiger partial charge is 0.0968 e. The van der Waals surface area contributed by atoms with E-state index in [9.17, 15) is 0 Å². The molecule has 1 heterocycles. The third kappa shape index (κ3) is 20.3. The van der Waals surface area contributed by atoms with Crippen LogP contribution in [0.1, 0.15) is 174 Å². The van der Waals surface area contributed by atoms with Crippen molar-refractivity contribution in [3.05, 3.63) is 6.17 Å². The third-order valence-electron chi connectivity index (χ3n) is 7.46. The second-order valence-corrected chi connectivity index (χ2v) is 10.7. The summed E-state index contributed by atoms with van der Waals surface area (Å²) >= 11 is 0.